The van der Waals surface area contributed by atoms with Crippen molar-refractivity contribution < 1.29 is 9.59 Å². The molecule has 4 N–H and O–H groups in total. The molecule has 8 heteroatoms. The molecule has 2 aromatic heterocycles. The first-order valence-corrected chi connectivity index (χ1v) is 13.8. The molecule has 3 aromatic carbocycles. The molecule has 5 rings (SSSR count). The Morgan fingerprint density at radius 2 is 1.44 bits per heavy atom. The number of carbonyl (C=O) groups excluding carboxylic acids is 2. The molecule has 0 aliphatic rings. The Hall–Kier alpha value is -4.95. The molecule has 0 saturated carbocycles. The van der Waals surface area contributed by atoms with E-state index in [1.165, 1.54) is 11.1 Å². The van der Waals surface area contributed by atoms with E-state index in [1.807, 2.05) is 83.4 Å². The Morgan fingerprint density at radius 1 is 0.780 bits per heavy atom. The molecule has 0 aliphatic heterocycles. The topological polar surface area (TPSA) is 99.6 Å². The number of fused-ring (bicyclic) bond motifs is 1. The van der Waals surface area contributed by atoms with E-state index >= 15 is 0 Å². The number of aromatic nitrogens is 2. The highest BCUT2D eigenvalue weighted by Gasteiger charge is 2.16. The lowest BCUT2D eigenvalue weighted by molar-refractivity contribution is 0.0953. The fourth-order valence-electron chi connectivity index (χ4n) is 4.68. The first-order valence-electron chi connectivity index (χ1n) is 13.8. The third-order valence-corrected chi connectivity index (χ3v) is 6.89. The van der Waals surface area contributed by atoms with Crippen molar-refractivity contribution in [3.05, 3.63) is 126 Å². The molecule has 3 amide bonds. The minimum absolute atomic E-state index is 0.120. The number of anilines is 1. The third kappa shape index (κ3) is 7.17. The Labute approximate surface area is 239 Å². The molecule has 0 aliphatic carbocycles. The van der Waals surface area contributed by atoms with Crippen LogP contribution in [0.5, 0.6) is 0 Å². The average molecular weight is 547 g/mol. The van der Waals surface area contributed by atoms with Gasteiger partial charge in [0.05, 0.1) is 17.0 Å². The van der Waals surface area contributed by atoms with E-state index in [-0.39, 0.29) is 11.9 Å². The van der Waals surface area contributed by atoms with E-state index in [2.05, 4.69) is 45.5 Å². The number of urea groups is 1. The summed E-state index contributed by atoms with van der Waals surface area (Å²) < 4.78 is 1.99. The van der Waals surface area contributed by atoms with Crippen molar-refractivity contribution in [2.45, 2.75) is 19.4 Å². The maximum absolute atomic E-state index is 13.0. The normalized spacial score (nSPS) is 10.9. The maximum atomic E-state index is 13.0. The predicted molar refractivity (Wildman–Crippen MR) is 163 cm³/mol. The van der Waals surface area contributed by atoms with Gasteiger partial charge in [-0.3, -0.25) is 4.79 Å². The lowest BCUT2D eigenvalue weighted by atomic mass is 10.1. The van der Waals surface area contributed by atoms with Gasteiger partial charge in [0, 0.05) is 37.6 Å². The molecule has 0 bridgehead atoms. The van der Waals surface area contributed by atoms with Crippen molar-refractivity contribution in [3.63, 3.8) is 0 Å². The fraction of sp³-hybridized carbons (Fsp3) is 0.182. The van der Waals surface area contributed by atoms with Crippen molar-refractivity contribution in [2.24, 2.45) is 0 Å². The summed E-state index contributed by atoms with van der Waals surface area (Å²) in [6.07, 6.45) is 3.53. The van der Waals surface area contributed by atoms with Crippen molar-refractivity contribution in [1.29, 1.82) is 0 Å². The second-order valence-corrected chi connectivity index (χ2v) is 9.74. The van der Waals surface area contributed by atoms with Crippen LogP contribution in [-0.4, -0.2) is 41.5 Å². The summed E-state index contributed by atoms with van der Waals surface area (Å²) >= 11 is 0. The Kier molecular flexibility index (Phi) is 9.03. The zero-order chi connectivity index (χ0) is 28.4. The third-order valence-electron chi connectivity index (χ3n) is 6.89. The highest BCUT2D eigenvalue weighted by Crippen LogP contribution is 2.26. The molecule has 0 fully saturated rings. The van der Waals surface area contributed by atoms with Crippen LogP contribution in [0.15, 0.2) is 103 Å². The van der Waals surface area contributed by atoms with E-state index in [4.69, 9.17) is 4.98 Å². The zero-order valence-electron chi connectivity index (χ0n) is 23.1. The number of imidazole rings is 1. The molecule has 8 nitrogen and oxygen atoms in total. The molecule has 5 aromatic rings. The summed E-state index contributed by atoms with van der Waals surface area (Å²) in [5.41, 5.74) is 7.18. The van der Waals surface area contributed by atoms with Crippen LogP contribution in [0, 0.1) is 0 Å². The van der Waals surface area contributed by atoms with Crippen LogP contribution in [0.4, 0.5) is 10.5 Å². The lowest BCUT2D eigenvalue weighted by Crippen LogP contribution is -2.26. The summed E-state index contributed by atoms with van der Waals surface area (Å²) in [6, 6.07) is 31.5. The van der Waals surface area contributed by atoms with Crippen molar-refractivity contribution in [3.8, 4) is 11.3 Å². The van der Waals surface area contributed by atoms with Crippen LogP contribution in [0.3, 0.4) is 0 Å². The van der Waals surface area contributed by atoms with Gasteiger partial charge in [0.25, 0.3) is 5.91 Å². The second-order valence-electron chi connectivity index (χ2n) is 9.74. The predicted octanol–water partition coefficient (Wildman–Crippen LogP) is 5.06. The van der Waals surface area contributed by atoms with Gasteiger partial charge in [0.1, 0.15) is 5.65 Å². The molecule has 0 spiro atoms. The van der Waals surface area contributed by atoms with Gasteiger partial charge in [-0.1, -0.05) is 72.8 Å². The highest BCUT2D eigenvalue weighted by molar-refractivity contribution is 5.94. The summed E-state index contributed by atoms with van der Waals surface area (Å²) in [5, 5.41) is 11.9. The van der Waals surface area contributed by atoms with Crippen molar-refractivity contribution >= 4 is 23.3 Å². The Morgan fingerprint density at radius 3 is 2.10 bits per heavy atom. The van der Waals surface area contributed by atoms with Gasteiger partial charge < -0.3 is 25.7 Å². The van der Waals surface area contributed by atoms with Crippen LogP contribution in [0.2, 0.25) is 0 Å². The minimum atomic E-state index is -0.275. The molecule has 0 radical (unpaired) electrons. The van der Waals surface area contributed by atoms with E-state index < -0.39 is 0 Å². The molecule has 0 atom stereocenters. The van der Waals surface area contributed by atoms with Gasteiger partial charge in [-0.15, -0.1) is 0 Å². The van der Waals surface area contributed by atoms with Gasteiger partial charge >= 0.3 is 6.03 Å². The van der Waals surface area contributed by atoms with Crippen LogP contribution in [0.1, 0.15) is 27.2 Å². The summed E-state index contributed by atoms with van der Waals surface area (Å²) in [7, 11) is 1.58. The van der Waals surface area contributed by atoms with Gasteiger partial charge in [-0.25, -0.2) is 9.78 Å². The molecule has 208 valence electrons. The fourth-order valence-corrected chi connectivity index (χ4v) is 4.68. The molecule has 41 heavy (non-hydrogen) atoms. The molecule has 0 unspecified atom stereocenters. The largest absolute Gasteiger partial charge is 0.352 e. The van der Waals surface area contributed by atoms with E-state index in [1.54, 1.807) is 7.05 Å². The number of hydrogen-bond donors (Lipinski definition) is 4. The van der Waals surface area contributed by atoms with Crippen LogP contribution in [-0.2, 0) is 19.4 Å². The van der Waals surface area contributed by atoms with Crippen LogP contribution >= 0.6 is 0 Å². The number of amides is 3. The lowest BCUT2D eigenvalue weighted by Gasteiger charge is -2.10. The first-order chi connectivity index (χ1) is 20.1. The summed E-state index contributed by atoms with van der Waals surface area (Å²) in [5.74, 6) is -0.120. The number of carbonyl (C=O) groups is 2. The monoisotopic (exact) mass is 546 g/mol. The Bertz CT molecular complexity index is 1600. The van der Waals surface area contributed by atoms with Crippen LogP contribution in [0.25, 0.3) is 16.9 Å². The summed E-state index contributed by atoms with van der Waals surface area (Å²) in [4.78, 5) is 29.7. The zero-order valence-corrected chi connectivity index (χ0v) is 23.1. The molecule has 0 saturated heterocycles. The first kappa shape index (κ1) is 27.6. The highest BCUT2D eigenvalue weighted by atomic mass is 16.2. The number of rotatable bonds is 11. The van der Waals surface area contributed by atoms with Crippen molar-refractivity contribution in [2.75, 3.05) is 25.5 Å². The molecule has 2 heterocycles. The van der Waals surface area contributed by atoms with Gasteiger partial charge in [-0.2, -0.15) is 0 Å². The smallest absolute Gasteiger partial charge is 0.318 e. The van der Waals surface area contributed by atoms with Crippen molar-refractivity contribution in [1.82, 2.24) is 25.3 Å². The summed E-state index contributed by atoms with van der Waals surface area (Å²) in [6.45, 7) is 1.92. The maximum Gasteiger partial charge on any atom is 0.318 e. The quantitative estimate of drug-likeness (QED) is 0.174. The number of benzene rings is 3. The number of pyridine rings is 1. The Balaban J connectivity index is 1.37. The van der Waals surface area contributed by atoms with Gasteiger partial charge in [0.2, 0.25) is 0 Å². The SMILES string of the molecule is CNC(=O)Nc1ccc(-c2nc3ccc(C(=O)NCCc4ccccc4)cn3c2CNCCc2ccccc2)cc1. The van der Waals surface area contributed by atoms with E-state index in [9.17, 15) is 9.59 Å². The second kappa shape index (κ2) is 13.4. The van der Waals surface area contributed by atoms with Crippen LogP contribution < -0.4 is 21.3 Å². The standard InChI is InChI=1S/C33H34N6O2/c1-34-33(41)37-28-15-12-26(13-16-28)31-29(22-35-20-18-24-8-4-2-5-9-24)39-23-27(14-17-30(39)38-31)32(40)36-21-19-25-10-6-3-7-11-25/h2-17,23,35H,18-22H2,1H3,(H,36,40)(H2,34,37,41). The van der Waals surface area contributed by atoms with E-state index in [0.29, 0.717) is 24.3 Å². The average Bonchev–Trinajstić information content (AvgIpc) is 3.38. The minimum Gasteiger partial charge on any atom is -0.352 e. The molecular weight excluding hydrogens is 512 g/mol. The van der Waals surface area contributed by atoms with Gasteiger partial charge in [-0.05, 0) is 54.8 Å². The van der Waals surface area contributed by atoms with E-state index in [0.717, 1.165) is 42.0 Å². The number of hydrogen-bond acceptors (Lipinski definition) is 4. The number of nitrogens with one attached hydrogen (secondary N) is 4. The number of nitrogens with zero attached hydrogens (tertiary/aromatic N) is 2. The molecular formula is C33H34N6O2. The van der Waals surface area contributed by atoms with Gasteiger partial charge in [0.15, 0.2) is 0 Å².